The monoisotopic (exact) mass is 295 g/mol. The number of nitrogen functional groups attached to an aromatic ring is 1. The molecule has 0 aromatic heterocycles. The molecule has 0 aliphatic rings. The molecule has 0 heterocycles. The molecule has 1 amide bonds. The fourth-order valence-electron chi connectivity index (χ4n) is 2.21. The van der Waals surface area contributed by atoms with Crippen molar-refractivity contribution in [3.63, 3.8) is 0 Å². The number of benzene rings is 1. The van der Waals surface area contributed by atoms with E-state index in [4.69, 9.17) is 11.5 Å². The van der Waals surface area contributed by atoms with Crippen LogP contribution in [0.15, 0.2) is 12.1 Å². The van der Waals surface area contributed by atoms with Gasteiger partial charge in [-0.1, -0.05) is 40.0 Å². The van der Waals surface area contributed by atoms with E-state index in [1.54, 1.807) is 0 Å². The van der Waals surface area contributed by atoms with Crippen LogP contribution in [-0.4, -0.2) is 12.5 Å². The van der Waals surface area contributed by atoms with Gasteiger partial charge in [-0.3, -0.25) is 4.79 Å². The van der Waals surface area contributed by atoms with Crippen molar-refractivity contribution in [3.8, 4) is 0 Å². The predicted octanol–water partition coefficient (Wildman–Crippen LogP) is 3.53. The van der Waals surface area contributed by atoms with Crippen LogP contribution in [0, 0.1) is 11.2 Å². The summed E-state index contributed by atoms with van der Waals surface area (Å²) < 4.78 is 13.9. The van der Waals surface area contributed by atoms with Crippen LogP contribution in [0.2, 0.25) is 0 Å². The smallest absolute Gasteiger partial charge is 0.250 e. The van der Waals surface area contributed by atoms with Gasteiger partial charge in [0, 0.05) is 12.2 Å². The number of hydrogen-bond acceptors (Lipinski definition) is 3. The summed E-state index contributed by atoms with van der Waals surface area (Å²) in [7, 11) is 0. The van der Waals surface area contributed by atoms with Crippen molar-refractivity contribution in [2.45, 2.75) is 46.5 Å². The summed E-state index contributed by atoms with van der Waals surface area (Å²) in [4.78, 5) is 11.3. The van der Waals surface area contributed by atoms with E-state index < -0.39 is 11.7 Å². The first-order valence-electron chi connectivity index (χ1n) is 7.39. The van der Waals surface area contributed by atoms with E-state index >= 15 is 0 Å². The summed E-state index contributed by atoms with van der Waals surface area (Å²) >= 11 is 0. The Balaban J connectivity index is 2.74. The number of nitrogens with one attached hydrogen (secondary N) is 1. The lowest BCUT2D eigenvalue weighted by atomic mass is 9.87. The maximum Gasteiger partial charge on any atom is 0.250 e. The summed E-state index contributed by atoms with van der Waals surface area (Å²) in [6.45, 7) is 7.07. The summed E-state index contributed by atoms with van der Waals surface area (Å²) in [6, 6.07) is 2.52. The zero-order valence-corrected chi connectivity index (χ0v) is 13.1. The second kappa shape index (κ2) is 7.29. The third-order valence-corrected chi connectivity index (χ3v) is 3.62. The molecular weight excluding hydrogens is 269 g/mol. The zero-order valence-electron chi connectivity index (χ0n) is 13.1. The Hall–Kier alpha value is -1.78. The Morgan fingerprint density at radius 1 is 1.33 bits per heavy atom. The molecule has 0 spiro atoms. The second-order valence-corrected chi connectivity index (χ2v) is 6.26. The lowest BCUT2D eigenvalue weighted by molar-refractivity contribution is 0.100. The van der Waals surface area contributed by atoms with Crippen molar-refractivity contribution < 1.29 is 9.18 Å². The molecule has 0 saturated carbocycles. The number of unbranched alkanes of at least 4 members (excludes halogenated alkanes) is 2. The average molecular weight is 295 g/mol. The fourth-order valence-corrected chi connectivity index (χ4v) is 2.21. The van der Waals surface area contributed by atoms with Crippen LogP contribution in [0.3, 0.4) is 0 Å². The Labute approximate surface area is 126 Å². The Morgan fingerprint density at radius 3 is 2.57 bits per heavy atom. The van der Waals surface area contributed by atoms with Gasteiger partial charge in [0.25, 0.3) is 5.91 Å². The average Bonchev–Trinajstić information content (AvgIpc) is 2.37. The Morgan fingerprint density at radius 2 is 2.00 bits per heavy atom. The van der Waals surface area contributed by atoms with Gasteiger partial charge in [0.05, 0.1) is 11.3 Å². The number of primary amides is 1. The van der Waals surface area contributed by atoms with Gasteiger partial charge in [-0.2, -0.15) is 0 Å². The highest BCUT2D eigenvalue weighted by molar-refractivity contribution is 5.99. The maximum atomic E-state index is 13.9. The van der Waals surface area contributed by atoms with E-state index in [0.29, 0.717) is 6.54 Å². The van der Waals surface area contributed by atoms with Crippen LogP contribution >= 0.6 is 0 Å². The second-order valence-electron chi connectivity index (χ2n) is 6.26. The van der Waals surface area contributed by atoms with Gasteiger partial charge >= 0.3 is 0 Å². The van der Waals surface area contributed by atoms with Crippen LogP contribution in [0.1, 0.15) is 56.8 Å². The molecule has 21 heavy (non-hydrogen) atoms. The van der Waals surface area contributed by atoms with Crippen LogP contribution in [0.25, 0.3) is 0 Å². The molecule has 5 N–H and O–H groups in total. The third kappa shape index (κ3) is 5.25. The summed E-state index contributed by atoms with van der Waals surface area (Å²) in [5.74, 6) is -1.13. The number of nitrogens with two attached hydrogens (primary N) is 2. The van der Waals surface area contributed by atoms with Crippen LogP contribution < -0.4 is 16.8 Å². The van der Waals surface area contributed by atoms with Crippen LogP contribution in [0.5, 0.6) is 0 Å². The molecule has 0 radical (unpaired) electrons. The molecule has 1 aromatic carbocycles. The fraction of sp³-hybridized carbons (Fsp3) is 0.562. The first kappa shape index (κ1) is 17.3. The molecule has 0 fully saturated rings. The van der Waals surface area contributed by atoms with Gasteiger partial charge in [-0.05, 0) is 24.0 Å². The molecule has 118 valence electrons. The number of hydrogen-bond donors (Lipinski definition) is 3. The summed E-state index contributed by atoms with van der Waals surface area (Å²) in [5, 5.41) is 3.06. The highest BCUT2D eigenvalue weighted by atomic mass is 19.1. The number of amides is 1. The first-order chi connectivity index (χ1) is 9.76. The highest BCUT2D eigenvalue weighted by Gasteiger charge is 2.19. The van der Waals surface area contributed by atoms with Gasteiger partial charge in [-0.15, -0.1) is 0 Å². The van der Waals surface area contributed by atoms with E-state index in [1.807, 2.05) is 0 Å². The van der Waals surface area contributed by atoms with Gasteiger partial charge in [0.2, 0.25) is 0 Å². The lowest BCUT2D eigenvalue weighted by Crippen LogP contribution is -2.24. The third-order valence-electron chi connectivity index (χ3n) is 3.62. The lowest BCUT2D eigenvalue weighted by Gasteiger charge is -2.26. The molecule has 1 aromatic rings. The molecular formula is C16H26FN3O. The van der Waals surface area contributed by atoms with Gasteiger partial charge in [0.1, 0.15) is 5.82 Å². The molecule has 0 aliphatic carbocycles. The van der Waals surface area contributed by atoms with E-state index in [-0.39, 0.29) is 22.4 Å². The summed E-state index contributed by atoms with van der Waals surface area (Å²) in [5.41, 5.74) is 11.3. The zero-order chi connectivity index (χ0) is 16.0. The number of rotatable bonds is 8. The van der Waals surface area contributed by atoms with Crippen molar-refractivity contribution in [1.82, 2.24) is 0 Å². The van der Waals surface area contributed by atoms with E-state index in [1.165, 1.54) is 18.9 Å². The van der Waals surface area contributed by atoms with Gasteiger partial charge < -0.3 is 16.8 Å². The van der Waals surface area contributed by atoms with Crippen molar-refractivity contribution >= 4 is 17.3 Å². The largest absolute Gasteiger partial charge is 0.398 e. The molecule has 0 saturated heterocycles. The minimum absolute atomic E-state index is 0.0515. The molecule has 0 atom stereocenters. The molecule has 0 aliphatic heterocycles. The first-order valence-corrected chi connectivity index (χ1v) is 7.39. The summed E-state index contributed by atoms with van der Waals surface area (Å²) in [6.07, 6.45) is 4.60. The highest BCUT2D eigenvalue weighted by Crippen LogP contribution is 2.27. The minimum atomic E-state index is -0.655. The van der Waals surface area contributed by atoms with Crippen molar-refractivity contribution in [2.75, 3.05) is 17.6 Å². The van der Waals surface area contributed by atoms with Crippen LogP contribution in [-0.2, 0) is 0 Å². The molecule has 1 rings (SSSR count). The standard InChI is InChI=1S/C16H26FN3O/c1-4-5-6-7-16(2,3)10-20-14-8-11(15(19)21)13(18)9-12(14)17/h8-9,20H,4-7,10,18H2,1-3H3,(H2,19,21). The molecule has 4 nitrogen and oxygen atoms in total. The number of anilines is 2. The number of halogens is 1. The molecule has 0 unspecified atom stereocenters. The van der Waals surface area contributed by atoms with Crippen LogP contribution in [0.4, 0.5) is 15.8 Å². The van der Waals surface area contributed by atoms with E-state index in [0.717, 1.165) is 18.9 Å². The van der Waals surface area contributed by atoms with Gasteiger partial charge in [0.15, 0.2) is 0 Å². The molecule has 0 bridgehead atoms. The minimum Gasteiger partial charge on any atom is -0.398 e. The number of carbonyl (C=O) groups is 1. The van der Waals surface area contributed by atoms with E-state index in [9.17, 15) is 9.18 Å². The maximum absolute atomic E-state index is 13.9. The predicted molar refractivity (Wildman–Crippen MR) is 85.7 cm³/mol. The SMILES string of the molecule is CCCCCC(C)(C)CNc1cc(C(N)=O)c(N)cc1F. The Bertz CT molecular complexity index is 501. The number of carbonyl (C=O) groups excluding carboxylic acids is 1. The normalized spacial score (nSPS) is 11.4. The van der Waals surface area contributed by atoms with Crippen molar-refractivity contribution in [3.05, 3.63) is 23.5 Å². The van der Waals surface area contributed by atoms with Gasteiger partial charge in [-0.25, -0.2) is 4.39 Å². The van der Waals surface area contributed by atoms with Crippen molar-refractivity contribution in [2.24, 2.45) is 11.1 Å². The Kier molecular flexibility index (Phi) is 6.00. The van der Waals surface area contributed by atoms with Crippen molar-refractivity contribution in [1.29, 1.82) is 0 Å². The topological polar surface area (TPSA) is 81.1 Å². The van der Waals surface area contributed by atoms with E-state index in [2.05, 4.69) is 26.1 Å². The quantitative estimate of drug-likeness (QED) is 0.507. The molecule has 5 heteroatoms.